The van der Waals surface area contributed by atoms with E-state index < -0.39 is 84.5 Å². The number of hydrogen-bond acceptors (Lipinski definition) is 10. The number of carboxylic acid groups (broad SMARTS) is 1. The van der Waals surface area contributed by atoms with Crippen LogP contribution in [0.15, 0.2) is 36.4 Å². The van der Waals surface area contributed by atoms with Gasteiger partial charge in [0.2, 0.25) is 23.6 Å². The zero-order valence-electron chi connectivity index (χ0n) is 26.4. The second kappa shape index (κ2) is 19.0. The third-order valence-electron chi connectivity index (χ3n) is 6.89. The number of nitrogens with two attached hydrogens (primary N) is 1. The molecule has 0 spiro atoms. The molecule has 0 radical (unpaired) electrons. The van der Waals surface area contributed by atoms with Gasteiger partial charge in [0.1, 0.15) is 31.3 Å². The number of benzene rings is 1. The number of carboxylic acids is 1. The maximum absolute atomic E-state index is 13.5. The number of carbonyl (C=O) groups is 9. The number of aliphatic carboxylic acids is 1. The predicted octanol–water partition coefficient (Wildman–Crippen LogP) is -1.35. The molecule has 8 amide bonds. The summed E-state index contributed by atoms with van der Waals surface area (Å²) in [7, 11) is 0. The van der Waals surface area contributed by atoms with Crippen LogP contribution in [0, 0.1) is 5.92 Å². The van der Waals surface area contributed by atoms with E-state index in [0.717, 1.165) is 12.2 Å². The van der Waals surface area contributed by atoms with Crippen LogP contribution < -0.4 is 32.3 Å². The van der Waals surface area contributed by atoms with E-state index in [2.05, 4.69) is 26.6 Å². The van der Waals surface area contributed by atoms with Crippen LogP contribution in [0.3, 0.4) is 0 Å². The van der Waals surface area contributed by atoms with Gasteiger partial charge in [0.05, 0.1) is 0 Å². The fraction of sp³-hybridized carbons (Fsp3) is 0.433. The van der Waals surface area contributed by atoms with Gasteiger partial charge in [0.15, 0.2) is 0 Å². The molecule has 3 atom stereocenters. The van der Waals surface area contributed by atoms with Crippen molar-refractivity contribution in [2.75, 3.05) is 18.4 Å². The number of urea groups is 1. The molecule has 1 aliphatic rings. The van der Waals surface area contributed by atoms with E-state index in [1.807, 2.05) is 0 Å². The molecule has 8 N–H and O–H groups in total. The standard InChI is InChI=1S/C30H39N7O11/c1-17(2)26(36-28(45)21(9-12-25(42)43)34-22(39)14-37-23(40)10-11-24(37)41)29(46)35-20(4-3-13-32-30(31)47)27(44)33-19-7-5-18(6-8-19)15-48-16-38/h5-8,10-11,16-17,20-21,26H,3-4,9,12-15H2,1-2H3,(H,33,44)(H,34,39)(H,35,46)(H,36,45)(H,42,43)(H3,31,32,47)/t20-,21-,26-/m0/s1. The van der Waals surface area contributed by atoms with Crippen molar-refractivity contribution < 1.29 is 53.0 Å². The Labute approximate surface area is 275 Å². The average Bonchev–Trinajstić information content (AvgIpc) is 3.34. The van der Waals surface area contributed by atoms with E-state index in [4.69, 9.17) is 15.6 Å². The summed E-state index contributed by atoms with van der Waals surface area (Å²) < 4.78 is 4.70. The van der Waals surface area contributed by atoms with Crippen molar-refractivity contribution in [2.24, 2.45) is 11.7 Å². The van der Waals surface area contributed by atoms with E-state index in [1.165, 1.54) is 0 Å². The third kappa shape index (κ3) is 12.9. The van der Waals surface area contributed by atoms with Gasteiger partial charge in [0, 0.05) is 30.8 Å². The zero-order valence-corrected chi connectivity index (χ0v) is 26.4. The van der Waals surface area contributed by atoms with Gasteiger partial charge in [-0.05, 0) is 42.9 Å². The van der Waals surface area contributed by atoms with E-state index in [9.17, 15) is 43.2 Å². The van der Waals surface area contributed by atoms with Gasteiger partial charge in [-0.25, -0.2) is 4.79 Å². The van der Waals surface area contributed by atoms with Gasteiger partial charge in [0.25, 0.3) is 18.3 Å². The van der Waals surface area contributed by atoms with Gasteiger partial charge >= 0.3 is 12.0 Å². The first-order valence-corrected chi connectivity index (χ1v) is 14.9. The minimum atomic E-state index is -1.46. The smallest absolute Gasteiger partial charge is 0.312 e. The fourth-order valence-electron chi connectivity index (χ4n) is 4.39. The van der Waals surface area contributed by atoms with Gasteiger partial charge in [-0.3, -0.25) is 43.3 Å². The number of rotatable bonds is 20. The highest BCUT2D eigenvalue weighted by atomic mass is 16.5. The topological polar surface area (TPSA) is 272 Å². The van der Waals surface area contributed by atoms with E-state index in [-0.39, 0.29) is 32.4 Å². The maximum atomic E-state index is 13.5. The van der Waals surface area contributed by atoms with Crippen molar-refractivity contribution >= 4 is 59.6 Å². The van der Waals surface area contributed by atoms with Crippen molar-refractivity contribution in [3.63, 3.8) is 0 Å². The van der Waals surface area contributed by atoms with E-state index in [1.54, 1.807) is 38.1 Å². The molecule has 0 aliphatic carbocycles. The molecule has 0 unspecified atom stereocenters. The molecule has 1 aromatic rings. The Morgan fingerprint density at radius 2 is 1.52 bits per heavy atom. The molecule has 18 nitrogen and oxygen atoms in total. The molecule has 0 bridgehead atoms. The normalized spacial score (nSPS) is 14.0. The highest BCUT2D eigenvalue weighted by Crippen LogP contribution is 2.13. The monoisotopic (exact) mass is 673 g/mol. The number of ether oxygens (including phenoxy) is 1. The Kier molecular flexibility index (Phi) is 15.2. The summed E-state index contributed by atoms with van der Waals surface area (Å²) in [6.07, 6.45) is 1.30. The van der Waals surface area contributed by atoms with Crippen molar-refractivity contribution in [1.29, 1.82) is 0 Å². The number of amides is 8. The number of hydrogen-bond donors (Lipinski definition) is 7. The summed E-state index contributed by atoms with van der Waals surface area (Å²) in [5.74, 6) is -6.52. The molecule has 2 rings (SSSR count). The van der Waals surface area contributed by atoms with Crippen LogP contribution >= 0.6 is 0 Å². The number of nitrogens with zero attached hydrogens (tertiary/aromatic N) is 1. The number of anilines is 1. The molecule has 0 aromatic heterocycles. The van der Waals surface area contributed by atoms with Crippen LogP contribution in [0.5, 0.6) is 0 Å². The van der Waals surface area contributed by atoms with E-state index in [0.29, 0.717) is 22.6 Å². The van der Waals surface area contributed by atoms with Gasteiger partial charge in [-0.2, -0.15) is 0 Å². The van der Waals surface area contributed by atoms with Crippen LogP contribution in [0.25, 0.3) is 0 Å². The molecule has 1 aliphatic heterocycles. The summed E-state index contributed by atoms with van der Waals surface area (Å²) in [6, 6.07) is 1.70. The Balaban J connectivity index is 2.17. The van der Waals surface area contributed by atoms with Gasteiger partial charge in [-0.1, -0.05) is 26.0 Å². The minimum Gasteiger partial charge on any atom is -0.481 e. The summed E-state index contributed by atoms with van der Waals surface area (Å²) in [5, 5.41) is 21.6. The fourth-order valence-corrected chi connectivity index (χ4v) is 4.39. The summed E-state index contributed by atoms with van der Waals surface area (Å²) in [6.45, 7) is 2.92. The van der Waals surface area contributed by atoms with Crippen molar-refractivity contribution in [3.05, 3.63) is 42.0 Å². The van der Waals surface area contributed by atoms with Gasteiger partial charge < -0.3 is 42.2 Å². The molecule has 0 saturated heterocycles. The lowest BCUT2D eigenvalue weighted by atomic mass is 10.0. The number of primary amides is 1. The lowest BCUT2D eigenvalue weighted by Crippen LogP contribution is -2.58. The van der Waals surface area contributed by atoms with Crippen LogP contribution in [-0.4, -0.2) is 95.1 Å². The van der Waals surface area contributed by atoms with Crippen LogP contribution in [0.4, 0.5) is 10.5 Å². The molecule has 18 heteroatoms. The minimum absolute atomic E-state index is 0.0295. The first-order chi connectivity index (χ1) is 22.7. The molecule has 1 heterocycles. The Hall–Kier alpha value is -5.81. The summed E-state index contributed by atoms with van der Waals surface area (Å²) in [4.78, 5) is 110. The third-order valence-corrected chi connectivity index (χ3v) is 6.89. The number of nitrogens with one attached hydrogen (secondary N) is 5. The van der Waals surface area contributed by atoms with Crippen molar-refractivity contribution in [3.8, 4) is 0 Å². The molecule has 260 valence electrons. The lowest BCUT2D eigenvalue weighted by Gasteiger charge is -2.27. The Morgan fingerprint density at radius 3 is 2.08 bits per heavy atom. The Bertz CT molecular complexity index is 1390. The first kappa shape index (κ1) is 38.4. The van der Waals surface area contributed by atoms with E-state index >= 15 is 0 Å². The summed E-state index contributed by atoms with van der Waals surface area (Å²) >= 11 is 0. The molecular formula is C30H39N7O11. The lowest BCUT2D eigenvalue weighted by molar-refractivity contribution is -0.141. The van der Waals surface area contributed by atoms with Crippen LogP contribution in [0.1, 0.15) is 45.1 Å². The quantitative estimate of drug-likeness (QED) is 0.0483. The molecule has 0 fully saturated rings. The van der Waals surface area contributed by atoms with Crippen molar-refractivity contribution in [2.45, 2.75) is 64.3 Å². The molecule has 0 saturated carbocycles. The van der Waals surface area contributed by atoms with Crippen molar-refractivity contribution in [1.82, 2.24) is 26.2 Å². The van der Waals surface area contributed by atoms with Gasteiger partial charge in [-0.15, -0.1) is 0 Å². The Morgan fingerprint density at radius 1 is 0.896 bits per heavy atom. The zero-order chi connectivity index (χ0) is 35.8. The largest absolute Gasteiger partial charge is 0.481 e. The number of imide groups is 1. The predicted molar refractivity (Wildman–Crippen MR) is 166 cm³/mol. The second-order valence-corrected chi connectivity index (χ2v) is 11.0. The maximum Gasteiger partial charge on any atom is 0.312 e. The molecule has 48 heavy (non-hydrogen) atoms. The average molecular weight is 674 g/mol. The summed E-state index contributed by atoms with van der Waals surface area (Å²) in [5.41, 5.74) is 6.12. The SMILES string of the molecule is CC(C)[C@H](NC(=O)[C@H](CCC(=O)O)NC(=O)CN1C(=O)C=CC1=O)C(=O)N[C@@H](CCCNC(N)=O)C(=O)Nc1ccc(COC=O)cc1. The number of carbonyl (C=O) groups excluding carboxylic acids is 8. The molecule has 1 aromatic carbocycles. The first-order valence-electron chi connectivity index (χ1n) is 14.9. The molecular weight excluding hydrogens is 634 g/mol. The highest BCUT2D eigenvalue weighted by Gasteiger charge is 2.33. The second-order valence-electron chi connectivity index (χ2n) is 11.0. The van der Waals surface area contributed by atoms with Crippen LogP contribution in [0.2, 0.25) is 0 Å². The highest BCUT2D eigenvalue weighted by molar-refractivity contribution is 6.14. The van der Waals surface area contributed by atoms with Crippen LogP contribution in [-0.2, 0) is 49.7 Å².